The Morgan fingerprint density at radius 3 is 3.17 bits per heavy atom. The average molecular weight is 181 g/mol. The highest BCUT2D eigenvalue weighted by Gasteiger charge is 2.29. The van der Waals surface area contributed by atoms with Crippen molar-refractivity contribution >= 4 is 11.8 Å². The first-order valence-corrected chi connectivity index (χ1v) is 5.54. The van der Waals surface area contributed by atoms with Crippen LogP contribution in [0, 0.1) is 0 Å². The third-order valence-electron chi connectivity index (χ3n) is 2.62. The van der Waals surface area contributed by atoms with Gasteiger partial charge in [0, 0.05) is 16.8 Å². The van der Waals surface area contributed by atoms with Crippen molar-refractivity contribution in [2.45, 2.75) is 26.3 Å². The standard InChI is InChI=1S/C10H15NS/c1-3-11-7-12-10-5-4-8(2)6-9(10)11/h4-5,9H,3,6-7H2,1-2H3. The number of likely N-dealkylation sites (N-methyl/N-ethyl adjacent to an activating group) is 1. The summed E-state index contributed by atoms with van der Waals surface area (Å²) < 4.78 is 0. The molecule has 0 bridgehead atoms. The summed E-state index contributed by atoms with van der Waals surface area (Å²) in [7, 11) is 0. The Morgan fingerprint density at radius 2 is 2.42 bits per heavy atom. The Bertz CT molecular complexity index is 242. The van der Waals surface area contributed by atoms with Crippen LogP contribution < -0.4 is 0 Å². The molecule has 66 valence electrons. The summed E-state index contributed by atoms with van der Waals surface area (Å²) >= 11 is 2.00. The fourth-order valence-corrected chi connectivity index (χ4v) is 3.09. The van der Waals surface area contributed by atoms with Crippen LogP contribution in [-0.2, 0) is 0 Å². The largest absolute Gasteiger partial charge is 0.286 e. The van der Waals surface area contributed by atoms with Crippen molar-refractivity contribution in [3.63, 3.8) is 0 Å². The van der Waals surface area contributed by atoms with Gasteiger partial charge < -0.3 is 0 Å². The van der Waals surface area contributed by atoms with Gasteiger partial charge in [-0.05, 0) is 19.9 Å². The molecule has 1 nitrogen and oxygen atoms in total. The first kappa shape index (κ1) is 8.39. The number of hydrogen-bond donors (Lipinski definition) is 0. The highest BCUT2D eigenvalue weighted by Crippen LogP contribution is 2.38. The van der Waals surface area contributed by atoms with E-state index in [2.05, 4.69) is 30.9 Å². The van der Waals surface area contributed by atoms with Crippen LogP contribution in [0.2, 0.25) is 0 Å². The zero-order valence-electron chi connectivity index (χ0n) is 7.71. The zero-order valence-corrected chi connectivity index (χ0v) is 8.53. The van der Waals surface area contributed by atoms with Crippen LogP contribution in [0.4, 0.5) is 0 Å². The van der Waals surface area contributed by atoms with Crippen LogP contribution in [-0.4, -0.2) is 23.4 Å². The Labute approximate surface area is 78.5 Å². The molecule has 0 radical (unpaired) electrons. The molecule has 0 saturated carbocycles. The zero-order chi connectivity index (χ0) is 8.55. The molecular formula is C10H15NS. The van der Waals surface area contributed by atoms with Crippen molar-refractivity contribution < 1.29 is 0 Å². The highest BCUT2D eigenvalue weighted by atomic mass is 32.2. The molecule has 1 aliphatic heterocycles. The minimum atomic E-state index is 0.713. The van der Waals surface area contributed by atoms with E-state index in [-0.39, 0.29) is 0 Å². The second kappa shape index (κ2) is 3.27. The minimum Gasteiger partial charge on any atom is -0.286 e. The number of rotatable bonds is 1. The molecule has 1 fully saturated rings. The predicted octanol–water partition coefficient (Wildman–Crippen LogP) is 2.62. The lowest BCUT2D eigenvalue weighted by atomic mass is 10.0. The molecule has 1 atom stereocenters. The van der Waals surface area contributed by atoms with E-state index in [1.165, 1.54) is 24.4 Å². The molecule has 2 aliphatic rings. The van der Waals surface area contributed by atoms with Gasteiger partial charge in [-0.1, -0.05) is 24.6 Å². The lowest BCUT2D eigenvalue weighted by Crippen LogP contribution is -2.30. The fourth-order valence-electron chi connectivity index (χ4n) is 1.82. The fraction of sp³-hybridized carbons (Fsp3) is 0.600. The second-order valence-electron chi connectivity index (χ2n) is 3.48. The molecule has 1 unspecified atom stereocenters. The Balaban J connectivity index is 2.17. The summed E-state index contributed by atoms with van der Waals surface area (Å²) in [4.78, 5) is 4.12. The van der Waals surface area contributed by atoms with Crippen LogP contribution in [0.25, 0.3) is 0 Å². The van der Waals surface area contributed by atoms with Gasteiger partial charge in [-0.25, -0.2) is 0 Å². The normalized spacial score (nSPS) is 29.7. The van der Waals surface area contributed by atoms with E-state index in [0.717, 1.165) is 0 Å². The SMILES string of the molecule is CCN1CSC2=CC=C(C)CC21. The van der Waals surface area contributed by atoms with Gasteiger partial charge >= 0.3 is 0 Å². The van der Waals surface area contributed by atoms with Crippen LogP contribution in [0.1, 0.15) is 20.3 Å². The molecule has 0 aromatic rings. The summed E-state index contributed by atoms with van der Waals surface area (Å²) in [6.07, 6.45) is 5.80. The van der Waals surface area contributed by atoms with Crippen molar-refractivity contribution in [3.8, 4) is 0 Å². The van der Waals surface area contributed by atoms with E-state index in [0.29, 0.717) is 6.04 Å². The second-order valence-corrected chi connectivity index (χ2v) is 4.50. The molecule has 1 saturated heterocycles. The minimum absolute atomic E-state index is 0.713. The van der Waals surface area contributed by atoms with Crippen LogP contribution in [0.3, 0.4) is 0 Å². The quantitative estimate of drug-likeness (QED) is 0.612. The van der Waals surface area contributed by atoms with Crippen molar-refractivity contribution in [2.75, 3.05) is 12.4 Å². The summed E-state index contributed by atoms with van der Waals surface area (Å²) in [5, 5.41) is 0. The van der Waals surface area contributed by atoms with Gasteiger partial charge in [0.2, 0.25) is 0 Å². The van der Waals surface area contributed by atoms with E-state index < -0.39 is 0 Å². The van der Waals surface area contributed by atoms with Crippen molar-refractivity contribution in [3.05, 3.63) is 22.6 Å². The highest BCUT2D eigenvalue weighted by molar-refractivity contribution is 8.03. The molecule has 0 aromatic heterocycles. The summed E-state index contributed by atoms with van der Waals surface area (Å²) in [5.41, 5.74) is 1.52. The van der Waals surface area contributed by atoms with E-state index >= 15 is 0 Å². The first-order chi connectivity index (χ1) is 5.81. The maximum atomic E-state index is 2.55. The monoisotopic (exact) mass is 181 g/mol. The van der Waals surface area contributed by atoms with Crippen molar-refractivity contribution in [2.24, 2.45) is 0 Å². The molecule has 0 amide bonds. The molecular weight excluding hydrogens is 166 g/mol. The maximum Gasteiger partial charge on any atom is 0.0495 e. The Morgan fingerprint density at radius 1 is 1.58 bits per heavy atom. The molecule has 0 spiro atoms. The number of allylic oxidation sites excluding steroid dienone is 2. The van der Waals surface area contributed by atoms with Crippen molar-refractivity contribution in [1.29, 1.82) is 0 Å². The molecule has 1 heterocycles. The molecule has 1 aliphatic carbocycles. The maximum absolute atomic E-state index is 2.55. The van der Waals surface area contributed by atoms with Gasteiger partial charge in [0.1, 0.15) is 0 Å². The first-order valence-electron chi connectivity index (χ1n) is 4.55. The third-order valence-corrected chi connectivity index (χ3v) is 3.82. The van der Waals surface area contributed by atoms with Gasteiger partial charge in [0.25, 0.3) is 0 Å². The van der Waals surface area contributed by atoms with E-state index in [1.807, 2.05) is 11.8 Å². The molecule has 0 N–H and O–H groups in total. The molecule has 0 aromatic carbocycles. The Hall–Kier alpha value is -0.210. The van der Waals surface area contributed by atoms with E-state index in [9.17, 15) is 0 Å². The summed E-state index contributed by atoms with van der Waals surface area (Å²) in [6.45, 7) is 5.66. The van der Waals surface area contributed by atoms with Gasteiger partial charge in [-0.3, -0.25) is 4.90 Å². The third kappa shape index (κ3) is 1.34. The van der Waals surface area contributed by atoms with Gasteiger partial charge in [-0.2, -0.15) is 0 Å². The number of hydrogen-bond acceptors (Lipinski definition) is 2. The lowest BCUT2D eigenvalue weighted by Gasteiger charge is -2.24. The number of nitrogens with zero attached hydrogens (tertiary/aromatic N) is 1. The summed E-state index contributed by atoms with van der Waals surface area (Å²) in [6, 6.07) is 0.713. The van der Waals surface area contributed by atoms with Gasteiger partial charge in [0.05, 0.1) is 0 Å². The molecule has 2 rings (SSSR count). The smallest absolute Gasteiger partial charge is 0.0495 e. The van der Waals surface area contributed by atoms with Crippen LogP contribution >= 0.6 is 11.8 Å². The molecule has 2 heteroatoms. The average Bonchev–Trinajstić information content (AvgIpc) is 2.46. The van der Waals surface area contributed by atoms with E-state index in [1.54, 1.807) is 4.91 Å². The van der Waals surface area contributed by atoms with Gasteiger partial charge in [-0.15, -0.1) is 11.8 Å². The predicted molar refractivity (Wildman–Crippen MR) is 55.1 cm³/mol. The topological polar surface area (TPSA) is 3.24 Å². The van der Waals surface area contributed by atoms with E-state index in [4.69, 9.17) is 0 Å². The van der Waals surface area contributed by atoms with Crippen molar-refractivity contribution in [1.82, 2.24) is 4.90 Å². The van der Waals surface area contributed by atoms with Crippen LogP contribution in [0.5, 0.6) is 0 Å². The Kier molecular flexibility index (Phi) is 2.28. The van der Waals surface area contributed by atoms with Crippen LogP contribution in [0.15, 0.2) is 22.6 Å². The number of thioether (sulfide) groups is 1. The van der Waals surface area contributed by atoms with Gasteiger partial charge in [0.15, 0.2) is 0 Å². The number of fused-ring (bicyclic) bond motifs is 1. The lowest BCUT2D eigenvalue weighted by molar-refractivity contribution is 0.290. The molecule has 12 heavy (non-hydrogen) atoms. The summed E-state index contributed by atoms with van der Waals surface area (Å²) in [5.74, 6) is 1.19.